The fourth-order valence-electron chi connectivity index (χ4n) is 3.08. The number of hydrogen-bond donors (Lipinski definition) is 0. The van der Waals surface area contributed by atoms with Gasteiger partial charge in [-0.25, -0.2) is 0 Å². The van der Waals surface area contributed by atoms with Crippen molar-refractivity contribution in [2.24, 2.45) is 0 Å². The summed E-state index contributed by atoms with van der Waals surface area (Å²) in [5.74, 6) is 0.976. The first-order valence-corrected chi connectivity index (χ1v) is 10.0. The largest absolute Gasteiger partial charge is 0.497 e. The molecule has 0 fully saturated rings. The predicted octanol–water partition coefficient (Wildman–Crippen LogP) is 2.80. The highest BCUT2D eigenvalue weighted by Gasteiger charge is 2.36. The molecule has 0 spiro atoms. The summed E-state index contributed by atoms with van der Waals surface area (Å²) in [6, 6.07) is 30.0. The molecular weight excluding hydrogens is 284 g/mol. The first kappa shape index (κ1) is 14.6. The molecule has 2 heteroatoms. The Morgan fingerprint density at radius 1 is 0.636 bits per heavy atom. The number of hydrogen-bond acceptors (Lipinski definition) is 1. The third-order valence-electron chi connectivity index (χ3n) is 4.35. The lowest BCUT2D eigenvalue weighted by molar-refractivity contribution is 0.418. The van der Waals surface area contributed by atoms with Crippen molar-refractivity contribution in [3.63, 3.8) is 0 Å². The highest BCUT2D eigenvalue weighted by Crippen LogP contribution is 2.15. The minimum Gasteiger partial charge on any atom is -0.497 e. The molecule has 0 saturated heterocycles. The van der Waals surface area contributed by atoms with Crippen LogP contribution in [0.5, 0.6) is 5.75 Å². The zero-order valence-electron chi connectivity index (χ0n) is 13.0. The second kappa shape index (κ2) is 6.20. The second-order valence-corrected chi connectivity index (χ2v) is 9.50. The molecule has 0 aliphatic heterocycles. The van der Waals surface area contributed by atoms with Crippen LogP contribution in [0.25, 0.3) is 0 Å². The smallest absolute Gasteiger partial charge is 0.150 e. The number of rotatable bonds is 4. The molecule has 1 nitrogen and oxygen atoms in total. The average Bonchev–Trinajstić information content (AvgIpc) is 2.62. The van der Waals surface area contributed by atoms with Crippen molar-refractivity contribution < 1.29 is 4.74 Å². The van der Waals surface area contributed by atoms with E-state index in [0.717, 1.165) is 5.75 Å². The predicted molar refractivity (Wildman–Crippen MR) is 96.4 cm³/mol. The molecule has 0 aliphatic rings. The fraction of sp³-hybridized carbons (Fsp3) is 0.100. The van der Waals surface area contributed by atoms with E-state index in [2.05, 4.69) is 85.4 Å². The van der Waals surface area contributed by atoms with Gasteiger partial charge in [0, 0.05) is 0 Å². The summed E-state index contributed by atoms with van der Waals surface area (Å²) >= 11 is 0. The molecular formula is C20H20OSi. The Morgan fingerprint density at radius 2 is 1.09 bits per heavy atom. The van der Waals surface area contributed by atoms with Gasteiger partial charge in [0.1, 0.15) is 13.8 Å². The van der Waals surface area contributed by atoms with E-state index in [0.29, 0.717) is 0 Å². The molecule has 22 heavy (non-hydrogen) atoms. The Balaban J connectivity index is 2.29. The van der Waals surface area contributed by atoms with Gasteiger partial charge in [-0.2, -0.15) is 0 Å². The van der Waals surface area contributed by atoms with Crippen molar-refractivity contribution in [2.75, 3.05) is 7.11 Å². The standard InChI is InChI=1S/C20H20OSi/c1-21-19-15-9-10-16-20(19)22(2,17-11-5-3-6-12-17)18-13-7-4-8-14-18/h3-16H,1-2H3. The second-order valence-electron chi connectivity index (χ2n) is 5.56. The van der Waals surface area contributed by atoms with Gasteiger partial charge in [0.2, 0.25) is 0 Å². The molecule has 0 unspecified atom stereocenters. The number of para-hydroxylation sites is 1. The molecule has 3 aromatic carbocycles. The van der Waals surface area contributed by atoms with Gasteiger partial charge >= 0.3 is 0 Å². The van der Waals surface area contributed by atoms with Crippen LogP contribution in [0.1, 0.15) is 0 Å². The maximum Gasteiger partial charge on any atom is 0.150 e. The van der Waals surface area contributed by atoms with Gasteiger partial charge < -0.3 is 4.74 Å². The lowest BCUT2D eigenvalue weighted by atomic mass is 10.3. The minimum atomic E-state index is -2.07. The van der Waals surface area contributed by atoms with Crippen LogP contribution in [0.4, 0.5) is 0 Å². The quantitative estimate of drug-likeness (QED) is 0.532. The van der Waals surface area contributed by atoms with Crippen LogP contribution < -0.4 is 20.3 Å². The van der Waals surface area contributed by atoms with Gasteiger partial charge in [0.25, 0.3) is 0 Å². The van der Waals surface area contributed by atoms with E-state index in [-0.39, 0.29) is 0 Å². The van der Waals surface area contributed by atoms with Gasteiger partial charge in [-0.3, -0.25) is 0 Å². The molecule has 0 amide bonds. The zero-order valence-corrected chi connectivity index (χ0v) is 14.0. The van der Waals surface area contributed by atoms with E-state index in [1.807, 2.05) is 6.07 Å². The first-order chi connectivity index (χ1) is 10.8. The summed E-state index contributed by atoms with van der Waals surface area (Å²) in [4.78, 5) is 0. The zero-order chi connectivity index (χ0) is 15.4. The van der Waals surface area contributed by atoms with Gasteiger partial charge in [-0.1, -0.05) is 85.4 Å². The highest BCUT2D eigenvalue weighted by atomic mass is 28.3. The number of ether oxygens (including phenoxy) is 1. The van der Waals surface area contributed by atoms with Crippen molar-refractivity contribution >= 4 is 23.6 Å². The lowest BCUT2D eigenvalue weighted by Crippen LogP contribution is -2.64. The third-order valence-corrected chi connectivity index (χ3v) is 8.81. The first-order valence-electron chi connectivity index (χ1n) is 7.51. The normalized spacial score (nSPS) is 11.2. The van der Waals surface area contributed by atoms with Crippen LogP contribution in [0.2, 0.25) is 6.55 Å². The van der Waals surface area contributed by atoms with Gasteiger partial charge in [-0.15, -0.1) is 0 Å². The van der Waals surface area contributed by atoms with Gasteiger partial charge in [0.15, 0.2) is 0 Å². The number of methoxy groups -OCH3 is 1. The molecule has 3 rings (SSSR count). The molecule has 0 aromatic heterocycles. The van der Waals surface area contributed by atoms with E-state index in [9.17, 15) is 0 Å². The van der Waals surface area contributed by atoms with Crippen molar-refractivity contribution in [3.8, 4) is 5.75 Å². The average molecular weight is 304 g/mol. The molecule has 0 N–H and O–H groups in total. The maximum atomic E-state index is 5.67. The summed E-state index contributed by atoms with van der Waals surface area (Å²) in [7, 11) is -0.315. The van der Waals surface area contributed by atoms with E-state index < -0.39 is 8.07 Å². The molecule has 110 valence electrons. The Morgan fingerprint density at radius 3 is 1.59 bits per heavy atom. The van der Waals surface area contributed by atoms with Crippen LogP contribution in [-0.4, -0.2) is 15.2 Å². The molecule has 0 atom stereocenters. The van der Waals surface area contributed by atoms with Gasteiger partial charge in [-0.05, 0) is 21.6 Å². The van der Waals surface area contributed by atoms with Gasteiger partial charge in [0.05, 0.1) is 7.11 Å². The summed E-state index contributed by atoms with van der Waals surface area (Å²) in [5.41, 5.74) is 0. The van der Waals surface area contributed by atoms with Crippen molar-refractivity contribution in [1.82, 2.24) is 0 Å². The van der Waals surface area contributed by atoms with E-state index in [1.165, 1.54) is 15.6 Å². The Labute approximate surface area is 133 Å². The molecule has 3 aromatic rings. The van der Waals surface area contributed by atoms with Crippen LogP contribution in [0.3, 0.4) is 0 Å². The molecule has 0 bridgehead atoms. The van der Waals surface area contributed by atoms with Crippen molar-refractivity contribution in [1.29, 1.82) is 0 Å². The van der Waals surface area contributed by atoms with Crippen LogP contribution in [0.15, 0.2) is 84.9 Å². The lowest BCUT2D eigenvalue weighted by Gasteiger charge is -2.30. The fourth-order valence-corrected chi connectivity index (χ4v) is 6.86. The third kappa shape index (κ3) is 2.46. The SMILES string of the molecule is COc1ccccc1[Si](C)(c1ccccc1)c1ccccc1. The van der Waals surface area contributed by atoms with Crippen LogP contribution in [-0.2, 0) is 0 Å². The van der Waals surface area contributed by atoms with E-state index >= 15 is 0 Å². The Hall–Kier alpha value is -2.32. The van der Waals surface area contributed by atoms with Crippen molar-refractivity contribution in [3.05, 3.63) is 84.9 Å². The Bertz CT molecular complexity index is 698. The Kier molecular flexibility index (Phi) is 4.12. The monoisotopic (exact) mass is 304 g/mol. The maximum absolute atomic E-state index is 5.67. The topological polar surface area (TPSA) is 9.23 Å². The summed E-state index contributed by atoms with van der Waals surface area (Å²) in [6.45, 7) is 2.40. The van der Waals surface area contributed by atoms with Crippen molar-refractivity contribution in [2.45, 2.75) is 6.55 Å². The molecule has 0 saturated carbocycles. The summed E-state index contributed by atoms with van der Waals surface area (Å²) in [6.07, 6.45) is 0. The highest BCUT2D eigenvalue weighted by molar-refractivity contribution is 7.11. The number of benzene rings is 3. The molecule has 0 radical (unpaired) electrons. The van der Waals surface area contributed by atoms with Crippen LogP contribution >= 0.6 is 0 Å². The molecule has 0 heterocycles. The molecule has 0 aliphatic carbocycles. The summed E-state index contributed by atoms with van der Waals surface area (Å²) < 4.78 is 5.67. The van der Waals surface area contributed by atoms with E-state index in [4.69, 9.17) is 4.74 Å². The van der Waals surface area contributed by atoms with Crippen LogP contribution in [0, 0.1) is 0 Å². The summed E-state index contributed by atoms with van der Waals surface area (Å²) in [5, 5.41) is 4.10. The van der Waals surface area contributed by atoms with E-state index in [1.54, 1.807) is 7.11 Å². The minimum absolute atomic E-state index is 0.976.